The Bertz CT molecular complexity index is 2470. The van der Waals surface area contributed by atoms with E-state index in [0.29, 0.717) is 6.61 Å². The van der Waals surface area contributed by atoms with Crippen molar-refractivity contribution in [2.24, 2.45) is 0 Å². The second kappa shape index (κ2) is 27.1. The lowest BCUT2D eigenvalue weighted by Gasteiger charge is -2.33. The van der Waals surface area contributed by atoms with E-state index in [2.05, 4.69) is 149 Å². The SMILES string of the molecule is C=CC(=O)OCCCCCCCCOc1ccc(-c2ccc(-c3ccc4c(c3)C(CCCCC)(CCCCC)c3cc(-c5ccc(-c6ccc(OCCCCCCCC)cc6)s5)ccc3-4)cc2)cc1. The minimum absolute atomic E-state index is 0.0132. The van der Waals surface area contributed by atoms with Gasteiger partial charge in [0.25, 0.3) is 0 Å². The fourth-order valence-corrected chi connectivity index (χ4v) is 11.2. The molecule has 0 aliphatic heterocycles. The maximum Gasteiger partial charge on any atom is 0.330 e. The molecule has 69 heavy (non-hydrogen) atoms. The van der Waals surface area contributed by atoms with Crippen molar-refractivity contribution >= 4 is 17.3 Å². The van der Waals surface area contributed by atoms with Crippen LogP contribution < -0.4 is 9.47 Å². The third kappa shape index (κ3) is 14.1. The quantitative estimate of drug-likeness (QED) is 0.0247. The largest absolute Gasteiger partial charge is 0.494 e. The van der Waals surface area contributed by atoms with Gasteiger partial charge in [-0.05, 0) is 148 Å². The predicted molar refractivity (Wildman–Crippen MR) is 294 cm³/mol. The first-order valence-corrected chi connectivity index (χ1v) is 27.5. The van der Waals surface area contributed by atoms with Gasteiger partial charge in [0.15, 0.2) is 0 Å². The molecule has 1 aliphatic rings. The zero-order valence-electron chi connectivity index (χ0n) is 42.1. The summed E-state index contributed by atoms with van der Waals surface area (Å²) in [5.41, 5.74) is 13.4. The van der Waals surface area contributed by atoms with E-state index in [4.69, 9.17) is 14.2 Å². The summed E-state index contributed by atoms with van der Waals surface area (Å²) in [6, 6.07) is 45.8. The Kier molecular flexibility index (Phi) is 20.2. The third-order valence-corrected chi connectivity index (χ3v) is 15.4. The molecule has 364 valence electrons. The molecule has 5 heteroatoms. The van der Waals surface area contributed by atoms with Crippen molar-refractivity contribution in [3.63, 3.8) is 0 Å². The number of hydrogen-bond acceptors (Lipinski definition) is 5. The number of benzene rings is 5. The van der Waals surface area contributed by atoms with Crippen LogP contribution in [0.4, 0.5) is 0 Å². The summed E-state index contributed by atoms with van der Waals surface area (Å²) in [4.78, 5) is 13.8. The zero-order chi connectivity index (χ0) is 48.1. The molecule has 0 fully saturated rings. The van der Waals surface area contributed by atoms with Gasteiger partial charge in [-0.15, -0.1) is 11.3 Å². The van der Waals surface area contributed by atoms with Gasteiger partial charge in [-0.3, -0.25) is 0 Å². The van der Waals surface area contributed by atoms with Gasteiger partial charge in [0, 0.05) is 21.2 Å². The molecular formula is C64H78O4S. The van der Waals surface area contributed by atoms with Crippen molar-refractivity contribution in [1.82, 2.24) is 0 Å². The van der Waals surface area contributed by atoms with Crippen LogP contribution in [0.25, 0.3) is 54.3 Å². The first-order valence-electron chi connectivity index (χ1n) is 26.7. The number of rotatable bonds is 31. The number of unbranched alkanes of at least 4 members (excludes halogenated alkanes) is 14. The van der Waals surface area contributed by atoms with Crippen LogP contribution in [-0.4, -0.2) is 25.8 Å². The van der Waals surface area contributed by atoms with Gasteiger partial charge in [-0.2, -0.15) is 0 Å². The fourth-order valence-electron chi connectivity index (χ4n) is 10.2. The molecule has 4 nitrogen and oxygen atoms in total. The van der Waals surface area contributed by atoms with Gasteiger partial charge in [-0.1, -0.05) is 184 Å². The molecule has 0 spiro atoms. The van der Waals surface area contributed by atoms with Gasteiger partial charge >= 0.3 is 5.97 Å². The molecule has 7 rings (SSSR count). The van der Waals surface area contributed by atoms with Gasteiger partial charge in [0.05, 0.1) is 19.8 Å². The highest BCUT2D eigenvalue weighted by atomic mass is 32.1. The molecule has 0 saturated heterocycles. The molecule has 0 unspecified atom stereocenters. The Balaban J connectivity index is 1.02. The van der Waals surface area contributed by atoms with Crippen molar-refractivity contribution < 1.29 is 19.0 Å². The topological polar surface area (TPSA) is 44.8 Å². The van der Waals surface area contributed by atoms with Crippen LogP contribution in [0.5, 0.6) is 11.5 Å². The first kappa shape index (κ1) is 51.5. The normalized spacial score (nSPS) is 12.4. The average molecular weight is 943 g/mol. The number of ether oxygens (including phenoxy) is 3. The van der Waals surface area contributed by atoms with Gasteiger partial charge < -0.3 is 14.2 Å². The van der Waals surface area contributed by atoms with Crippen molar-refractivity contribution in [3.8, 4) is 65.8 Å². The molecule has 0 amide bonds. The molecule has 0 bridgehead atoms. The Morgan fingerprint density at radius 3 is 1.36 bits per heavy atom. The maximum atomic E-state index is 11.2. The summed E-state index contributed by atoms with van der Waals surface area (Å²) < 4.78 is 17.3. The van der Waals surface area contributed by atoms with Crippen LogP contribution in [-0.2, 0) is 14.9 Å². The number of thiophene rings is 1. The number of carbonyl (C=O) groups is 1. The average Bonchev–Trinajstić information content (AvgIpc) is 3.99. The van der Waals surface area contributed by atoms with E-state index in [-0.39, 0.29) is 11.4 Å². The van der Waals surface area contributed by atoms with E-state index in [9.17, 15) is 4.79 Å². The van der Waals surface area contributed by atoms with E-state index < -0.39 is 0 Å². The van der Waals surface area contributed by atoms with Gasteiger partial charge in [0.2, 0.25) is 0 Å². The van der Waals surface area contributed by atoms with Crippen molar-refractivity contribution in [1.29, 1.82) is 0 Å². The van der Waals surface area contributed by atoms with E-state index in [1.165, 1.54) is 155 Å². The van der Waals surface area contributed by atoms with Crippen molar-refractivity contribution in [2.75, 3.05) is 19.8 Å². The van der Waals surface area contributed by atoms with Gasteiger partial charge in [0.1, 0.15) is 11.5 Å². The van der Waals surface area contributed by atoms with Crippen LogP contribution >= 0.6 is 11.3 Å². The summed E-state index contributed by atoms with van der Waals surface area (Å²) in [5, 5.41) is 0. The highest BCUT2D eigenvalue weighted by Gasteiger charge is 2.42. The first-order chi connectivity index (χ1) is 34.0. The zero-order valence-corrected chi connectivity index (χ0v) is 43.0. The summed E-state index contributed by atoms with van der Waals surface area (Å²) in [7, 11) is 0. The summed E-state index contributed by atoms with van der Waals surface area (Å²) in [6.45, 7) is 12.4. The lowest BCUT2D eigenvalue weighted by atomic mass is 9.70. The number of fused-ring (bicyclic) bond motifs is 3. The Labute approximate surface area is 419 Å². The molecule has 5 aromatic carbocycles. The molecule has 0 atom stereocenters. The number of esters is 1. The monoisotopic (exact) mass is 943 g/mol. The molecule has 1 aromatic heterocycles. The van der Waals surface area contributed by atoms with E-state index in [0.717, 1.165) is 69.7 Å². The number of carbonyl (C=O) groups excluding carboxylic acids is 1. The van der Waals surface area contributed by atoms with Crippen molar-refractivity contribution in [2.45, 2.75) is 155 Å². The molecule has 1 heterocycles. The lowest BCUT2D eigenvalue weighted by Crippen LogP contribution is -2.25. The maximum absolute atomic E-state index is 11.2. The van der Waals surface area contributed by atoms with Crippen LogP contribution in [0, 0.1) is 0 Å². The van der Waals surface area contributed by atoms with Crippen molar-refractivity contribution in [3.05, 3.63) is 145 Å². The predicted octanol–water partition coefficient (Wildman–Crippen LogP) is 19.0. The lowest BCUT2D eigenvalue weighted by molar-refractivity contribution is -0.137. The summed E-state index contributed by atoms with van der Waals surface area (Å²) >= 11 is 1.90. The second-order valence-corrected chi connectivity index (χ2v) is 20.3. The second-order valence-electron chi connectivity index (χ2n) is 19.3. The molecule has 0 radical (unpaired) electrons. The van der Waals surface area contributed by atoms with E-state index in [1.54, 1.807) is 0 Å². The number of hydrogen-bond donors (Lipinski definition) is 0. The smallest absolute Gasteiger partial charge is 0.330 e. The van der Waals surface area contributed by atoms with Crippen LogP contribution in [0.2, 0.25) is 0 Å². The molecular weight excluding hydrogens is 865 g/mol. The van der Waals surface area contributed by atoms with Crippen LogP contribution in [0.3, 0.4) is 0 Å². The van der Waals surface area contributed by atoms with Crippen LogP contribution in [0.1, 0.15) is 160 Å². The molecule has 1 aliphatic carbocycles. The van der Waals surface area contributed by atoms with E-state index in [1.807, 2.05) is 11.3 Å². The highest BCUT2D eigenvalue weighted by Crippen LogP contribution is 2.56. The Hall–Kier alpha value is -5.39. The summed E-state index contributed by atoms with van der Waals surface area (Å²) in [6.07, 6.45) is 25.1. The standard InChI is InChI=1S/C64H78O4S/c1-5-9-12-13-16-21-44-67-56-36-30-52(31-37-56)61-40-41-62(69-61)54-33-39-58-57-38-32-53(47-59(57)64(60(58)48-54,42-19-10-6-2)43-20-11-7-3)51-26-24-49(25-27-51)50-28-34-55(35-29-50)66-45-22-17-14-15-18-23-46-68-63(65)8-4/h8,24-41,47-48H,4-7,9-23,42-46H2,1-3H3. The van der Waals surface area contributed by atoms with E-state index >= 15 is 0 Å². The molecule has 0 saturated carbocycles. The van der Waals surface area contributed by atoms with Crippen LogP contribution in [0.15, 0.2) is 134 Å². The Morgan fingerprint density at radius 1 is 0.449 bits per heavy atom. The molecule has 6 aromatic rings. The Morgan fingerprint density at radius 2 is 0.841 bits per heavy atom. The minimum Gasteiger partial charge on any atom is -0.494 e. The summed E-state index contributed by atoms with van der Waals surface area (Å²) in [5.74, 6) is 1.54. The minimum atomic E-state index is -0.338. The third-order valence-electron chi connectivity index (χ3n) is 14.2. The molecule has 0 N–H and O–H groups in total. The highest BCUT2D eigenvalue weighted by molar-refractivity contribution is 7.18. The fraction of sp³-hybridized carbons (Fsp3) is 0.422. The van der Waals surface area contributed by atoms with Gasteiger partial charge in [-0.25, -0.2) is 4.79 Å².